The van der Waals surface area contributed by atoms with Crippen molar-refractivity contribution in [3.8, 4) is 0 Å². The van der Waals surface area contributed by atoms with Gasteiger partial charge in [0, 0.05) is 0 Å². The highest BCUT2D eigenvalue weighted by molar-refractivity contribution is 7.85. The fourth-order valence-corrected chi connectivity index (χ4v) is 3.91. The average Bonchev–Trinajstić information content (AvgIpc) is 2.69. The fraction of sp³-hybridized carbons (Fsp3) is 0.556. The van der Waals surface area contributed by atoms with Gasteiger partial charge in [-0.2, -0.15) is 8.42 Å². The third-order valence-electron chi connectivity index (χ3n) is 4.57. The van der Waals surface area contributed by atoms with Crippen molar-refractivity contribution in [2.24, 2.45) is 22.7 Å². The predicted molar refractivity (Wildman–Crippen MR) is 94.6 cm³/mol. The lowest BCUT2D eigenvalue weighted by Gasteiger charge is -2.35. The summed E-state index contributed by atoms with van der Waals surface area (Å²) in [5.74, 6) is -1.50. The Morgan fingerprint density at radius 2 is 1.20 bits per heavy atom. The average molecular weight is 367 g/mol. The zero-order chi connectivity index (χ0) is 19.4. The van der Waals surface area contributed by atoms with Crippen LogP contribution in [-0.2, 0) is 19.7 Å². The van der Waals surface area contributed by atoms with Crippen LogP contribution in [0.25, 0.3) is 0 Å². The highest BCUT2D eigenvalue weighted by Crippen LogP contribution is 2.48. The molecule has 1 heterocycles. The molecule has 138 valence electrons. The van der Waals surface area contributed by atoms with Gasteiger partial charge in [0.1, 0.15) is 0 Å². The number of imide groups is 1. The Kier molecular flexibility index (Phi) is 4.64. The number of hydrogen-bond donors (Lipinski definition) is 1. The molecule has 0 aromatic heterocycles. The van der Waals surface area contributed by atoms with Crippen LogP contribution in [0, 0.1) is 22.7 Å². The molecule has 2 amide bonds. The molecule has 0 aliphatic carbocycles. The Balaban J connectivity index is 2.52. The first kappa shape index (κ1) is 19.6. The van der Waals surface area contributed by atoms with E-state index in [9.17, 15) is 18.0 Å². The molecule has 0 radical (unpaired) electrons. The monoisotopic (exact) mass is 367 g/mol. The topological polar surface area (TPSA) is 91.8 Å². The van der Waals surface area contributed by atoms with E-state index in [4.69, 9.17) is 4.55 Å². The Morgan fingerprint density at radius 1 is 0.840 bits per heavy atom. The summed E-state index contributed by atoms with van der Waals surface area (Å²) in [5.41, 5.74) is -0.481. The largest absolute Gasteiger partial charge is 0.294 e. The fourth-order valence-electron chi connectivity index (χ4n) is 3.43. The summed E-state index contributed by atoms with van der Waals surface area (Å²) < 4.78 is 31.4. The molecule has 2 atom stereocenters. The molecule has 0 spiro atoms. The van der Waals surface area contributed by atoms with Crippen molar-refractivity contribution in [2.45, 2.75) is 46.4 Å². The van der Waals surface area contributed by atoms with E-state index in [0.717, 1.165) is 4.90 Å². The van der Waals surface area contributed by atoms with E-state index in [-0.39, 0.29) is 16.7 Å². The summed E-state index contributed by atoms with van der Waals surface area (Å²) in [6.45, 7) is 11.6. The van der Waals surface area contributed by atoms with Crippen LogP contribution in [0.15, 0.2) is 29.2 Å². The lowest BCUT2D eigenvalue weighted by atomic mass is 9.65. The van der Waals surface area contributed by atoms with Gasteiger partial charge in [-0.3, -0.25) is 19.0 Å². The molecule has 0 bridgehead atoms. The van der Waals surface area contributed by atoms with Crippen molar-refractivity contribution in [3.63, 3.8) is 0 Å². The highest BCUT2D eigenvalue weighted by Gasteiger charge is 2.56. The summed E-state index contributed by atoms with van der Waals surface area (Å²) >= 11 is 0. The van der Waals surface area contributed by atoms with E-state index >= 15 is 0 Å². The van der Waals surface area contributed by atoms with Crippen LogP contribution in [0.1, 0.15) is 41.5 Å². The Bertz CT molecular complexity index is 765. The number of benzene rings is 1. The van der Waals surface area contributed by atoms with Gasteiger partial charge in [-0.05, 0) is 35.1 Å². The van der Waals surface area contributed by atoms with Crippen molar-refractivity contribution >= 4 is 27.6 Å². The first-order valence-corrected chi connectivity index (χ1v) is 9.55. The minimum atomic E-state index is -4.33. The van der Waals surface area contributed by atoms with Crippen LogP contribution in [0.3, 0.4) is 0 Å². The number of anilines is 1. The van der Waals surface area contributed by atoms with Gasteiger partial charge in [0.2, 0.25) is 11.8 Å². The zero-order valence-corrected chi connectivity index (χ0v) is 16.2. The van der Waals surface area contributed by atoms with Crippen LogP contribution in [0.2, 0.25) is 0 Å². The standard InChI is InChI=1S/C18H25NO5S/c1-17(2,3)13-14(18(4,5)6)16(21)19(15(13)20)11-7-9-12(10-8-11)25(22,23)24/h7-10,13-14H,1-6H3,(H,22,23,24). The number of hydrogen-bond acceptors (Lipinski definition) is 4. The summed E-state index contributed by atoms with van der Waals surface area (Å²) in [7, 11) is -4.33. The third-order valence-corrected chi connectivity index (χ3v) is 5.43. The normalized spacial score (nSPS) is 22.6. The van der Waals surface area contributed by atoms with Gasteiger partial charge < -0.3 is 0 Å². The molecule has 1 aromatic rings. The van der Waals surface area contributed by atoms with E-state index in [0.29, 0.717) is 5.69 Å². The molecule has 1 aliphatic heterocycles. The van der Waals surface area contributed by atoms with E-state index in [1.54, 1.807) is 0 Å². The third kappa shape index (κ3) is 3.62. The molecular formula is C18H25NO5S. The molecule has 1 aliphatic rings. The van der Waals surface area contributed by atoms with Crippen molar-refractivity contribution in [2.75, 3.05) is 4.90 Å². The molecule has 2 unspecified atom stereocenters. The Morgan fingerprint density at radius 3 is 1.48 bits per heavy atom. The maximum atomic E-state index is 13.0. The van der Waals surface area contributed by atoms with Gasteiger partial charge in [-0.15, -0.1) is 0 Å². The van der Waals surface area contributed by atoms with Gasteiger partial charge in [0.25, 0.3) is 10.1 Å². The molecule has 1 N–H and O–H groups in total. The number of nitrogens with zero attached hydrogens (tertiary/aromatic N) is 1. The van der Waals surface area contributed by atoms with E-state index < -0.39 is 32.8 Å². The van der Waals surface area contributed by atoms with Gasteiger partial charge in [-0.25, -0.2) is 0 Å². The van der Waals surface area contributed by atoms with Crippen molar-refractivity contribution in [3.05, 3.63) is 24.3 Å². The van der Waals surface area contributed by atoms with Crippen LogP contribution < -0.4 is 4.90 Å². The van der Waals surface area contributed by atoms with E-state index in [1.165, 1.54) is 24.3 Å². The molecule has 6 nitrogen and oxygen atoms in total. The van der Waals surface area contributed by atoms with Crippen molar-refractivity contribution in [1.82, 2.24) is 0 Å². The SMILES string of the molecule is CC(C)(C)C1C(=O)N(c2ccc(S(=O)(=O)O)cc2)C(=O)C1C(C)(C)C. The molecule has 0 saturated carbocycles. The second-order valence-electron chi connectivity index (χ2n) is 8.67. The van der Waals surface area contributed by atoms with Crippen LogP contribution in [0.5, 0.6) is 0 Å². The smallest absolute Gasteiger partial charge is 0.282 e. The van der Waals surface area contributed by atoms with Crippen molar-refractivity contribution < 1.29 is 22.6 Å². The maximum absolute atomic E-state index is 13.0. The Labute approximate surface area is 149 Å². The highest BCUT2D eigenvalue weighted by atomic mass is 32.2. The molecule has 1 fully saturated rings. The summed E-state index contributed by atoms with van der Waals surface area (Å²) in [6, 6.07) is 5.09. The lowest BCUT2D eigenvalue weighted by Crippen LogP contribution is -2.38. The second-order valence-corrected chi connectivity index (χ2v) is 10.1. The molecule has 1 aromatic carbocycles. The molecule has 7 heteroatoms. The first-order valence-electron chi connectivity index (χ1n) is 8.11. The van der Waals surface area contributed by atoms with Crippen molar-refractivity contribution in [1.29, 1.82) is 0 Å². The molecule has 25 heavy (non-hydrogen) atoms. The number of carbonyl (C=O) groups is 2. The predicted octanol–water partition coefficient (Wildman–Crippen LogP) is 3.13. The maximum Gasteiger partial charge on any atom is 0.294 e. The summed E-state index contributed by atoms with van der Waals surface area (Å²) in [6.07, 6.45) is 0. The second kappa shape index (κ2) is 5.92. The molecular weight excluding hydrogens is 342 g/mol. The molecule has 1 saturated heterocycles. The lowest BCUT2D eigenvalue weighted by molar-refractivity contribution is -0.127. The van der Waals surface area contributed by atoms with Gasteiger partial charge in [0.05, 0.1) is 22.4 Å². The van der Waals surface area contributed by atoms with E-state index in [1.807, 2.05) is 41.5 Å². The van der Waals surface area contributed by atoms with E-state index in [2.05, 4.69) is 0 Å². The van der Waals surface area contributed by atoms with Crippen LogP contribution >= 0.6 is 0 Å². The van der Waals surface area contributed by atoms with Gasteiger partial charge in [0.15, 0.2) is 0 Å². The Hall–Kier alpha value is -1.73. The summed E-state index contributed by atoms with van der Waals surface area (Å²) in [4.78, 5) is 26.9. The zero-order valence-electron chi connectivity index (χ0n) is 15.4. The molecule has 2 rings (SSSR count). The minimum absolute atomic E-state index is 0.281. The van der Waals surface area contributed by atoms with Gasteiger partial charge >= 0.3 is 0 Å². The van der Waals surface area contributed by atoms with Crippen LogP contribution in [0.4, 0.5) is 5.69 Å². The summed E-state index contributed by atoms with van der Waals surface area (Å²) in [5, 5.41) is 0. The van der Waals surface area contributed by atoms with Crippen LogP contribution in [-0.4, -0.2) is 24.8 Å². The number of amides is 2. The number of rotatable bonds is 2. The van der Waals surface area contributed by atoms with Gasteiger partial charge in [-0.1, -0.05) is 41.5 Å². The quantitative estimate of drug-likeness (QED) is 0.640. The number of carbonyl (C=O) groups excluding carboxylic acids is 2. The minimum Gasteiger partial charge on any atom is -0.282 e. The first-order chi connectivity index (χ1) is 11.2.